The molecule has 1 aromatic carbocycles. The Morgan fingerprint density at radius 2 is 1.56 bits per heavy atom. The summed E-state index contributed by atoms with van der Waals surface area (Å²) in [5, 5.41) is 0. The Morgan fingerprint density at radius 3 is 2.12 bits per heavy atom. The van der Waals surface area contributed by atoms with Crippen LogP contribution < -0.4 is 4.72 Å². The molecule has 0 aliphatic rings. The van der Waals surface area contributed by atoms with E-state index in [-0.39, 0.29) is 22.9 Å². The van der Waals surface area contributed by atoms with Crippen LogP contribution in [0.15, 0.2) is 58.6 Å². The Morgan fingerprint density at radius 1 is 1.00 bits per heavy atom. The van der Waals surface area contributed by atoms with E-state index >= 15 is 0 Å². The fourth-order valence-corrected chi connectivity index (χ4v) is 4.16. The van der Waals surface area contributed by atoms with Gasteiger partial charge in [0.25, 0.3) is 10.0 Å². The zero-order valence-corrected chi connectivity index (χ0v) is 15.4. The van der Waals surface area contributed by atoms with E-state index in [9.17, 15) is 16.8 Å². The van der Waals surface area contributed by atoms with Gasteiger partial charge >= 0.3 is 0 Å². The highest BCUT2D eigenvalue weighted by atomic mass is 32.2. The molecule has 0 aliphatic heterocycles. The van der Waals surface area contributed by atoms with E-state index in [0.29, 0.717) is 5.69 Å². The molecule has 0 saturated carbocycles. The molecular weight excluding hydrogens is 366 g/mol. The van der Waals surface area contributed by atoms with Gasteiger partial charge in [0.2, 0.25) is 10.0 Å². The number of likely N-dealkylation sites (N-methyl/N-ethyl adjacent to an activating group) is 1. The molecule has 0 atom stereocenters. The predicted molar refractivity (Wildman–Crippen MR) is 93.2 cm³/mol. The number of aromatic nitrogens is 1. The van der Waals surface area contributed by atoms with Crippen molar-refractivity contribution in [1.82, 2.24) is 9.29 Å². The van der Waals surface area contributed by atoms with Crippen molar-refractivity contribution in [3.05, 3.63) is 48.8 Å². The highest BCUT2D eigenvalue weighted by molar-refractivity contribution is 7.92. The van der Waals surface area contributed by atoms with E-state index < -0.39 is 20.0 Å². The first-order valence-electron chi connectivity index (χ1n) is 7.25. The lowest BCUT2D eigenvalue weighted by atomic mass is 10.4. The summed E-state index contributed by atoms with van der Waals surface area (Å²) in [5.41, 5.74) is 0.367. The summed E-state index contributed by atoms with van der Waals surface area (Å²) in [6.07, 6.45) is 2.92. The summed E-state index contributed by atoms with van der Waals surface area (Å²) in [7, 11) is -4.60. The van der Waals surface area contributed by atoms with Gasteiger partial charge in [0.05, 0.1) is 22.1 Å². The molecule has 2 rings (SSSR count). The second-order valence-electron chi connectivity index (χ2n) is 5.13. The Balaban J connectivity index is 2.21. The van der Waals surface area contributed by atoms with Crippen molar-refractivity contribution in [2.45, 2.75) is 9.79 Å². The van der Waals surface area contributed by atoms with Crippen LogP contribution in [0.25, 0.3) is 0 Å². The topological polar surface area (TPSA) is 106 Å². The lowest BCUT2D eigenvalue weighted by molar-refractivity contribution is 0.185. The van der Waals surface area contributed by atoms with Crippen LogP contribution in [0.4, 0.5) is 5.69 Å². The number of methoxy groups -OCH3 is 1. The standard InChI is InChI=1S/C15H19N3O5S2/c1-18(11-12-23-2)25(21,22)15-5-3-14(4-6-15)24(19,20)17-13-7-9-16-10-8-13/h3-10H,11-12H2,1-2H3,(H,16,17). The number of pyridine rings is 1. The first kappa shape index (κ1) is 19.3. The van der Waals surface area contributed by atoms with Crippen LogP contribution in [0.5, 0.6) is 0 Å². The molecule has 0 radical (unpaired) electrons. The quantitative estimate of drug-likeness (QED) is 0.731. The molecule has 0 bridgehead atoms. The van der Waals surface area contributed by atoms with Crippen molar-refractivity contribution in [2.75, 3.05) is 32.0 Å². The molecule has 0 fully saturated rings. The maximum Gasteiger partial charge on any atom is 0.261 e. The third kappa shape index (κ3) is 4.75. The first-order chi connectivity index (χ1) is 11.8. The fraction of sp³-hybridized carbons (Fsp3) is 0.267. The smallest absolute Gasteiger partial charge is 0.261 e. The molecule has 10 heteroatoms. The molecule has 0 aliphatic carbocycles. The van der Waals surface area contributed by atoms with Gasteiger partial charge in [-0.2, -0.15) is 4.31 Å². The Labute approximate surface area is 147 Å². The fourth-order valence-electron chi connectivity index (χ4n) is 1.94. The van der Waals surface area contributed by atoms with Gasteiger partial charge in [-0.25, -0.2) is 16.8 Å². The number of hydrogen-bond donors (Lipinski definition) is 1. The average Bonchev–Trinajstić information content (AvgIpc) is 2.60. The number of benzene rings is 1. The van der Waals surface area contributed by atoms with E-state index in [1.165, 1.54) is 62.9 Å². The van der Waals surface area contributed by atoms with Gasteiger partial charge in [0.1, 0.15) is 0 Å². The van der Waals surface area contributed by atoms with Gasteiger partial charge in [-0.3, -0.25) is 9.71 Å². The van der Waals surface area contributed by atoms with Crippen LogP contribution in [0, 0.1) is 0 Å². The maximum absolute atomic E-state index is 12.4. The number of nitrogens with zero attached hydrogens (tertiary/aromatic N) is 2. The molecule has 136 valence electrons. The number of ether oxygens (including phenoxy) is 1. The van der Waals surface area contributed by atoms with Crippen molar-refractivity contribution >= 4 is 25.7 Å². The molecule has 0 unspecified atom stereocenters. The Kier molecular flexibility index (Phi) is 6.11. The van der Waals surface area contributed by atoms with Gasteiger partial charge in [-0.05, 0) is 36.4 Å². The van der Waals surface area contributed by atoms with Crippen LogP contribution in [-0.4, -0.2) is 53.4 Å². The van der Waals surface area contributed by atoms with Crippen molar-refractivity contribution in [3.63, 3.8) is 0 Å². The molecule has 2 aromatic rings. The minimum atomic E-state index is -3.82. The van der Waals surface area contributed by atoms with Crippen molar-refractivity contribution in [2.24, 2.45) is 0 Å². The zero-order valence-electron chi connectivity index (χ0n) is 13.8. The summed E-state index contributed by atoms with van der Waals surface area (Å²) in [6, 6.07) is 8.06. The molecule has 8 nitrogen and oxygen atoms in total. The molecular formula is C15H19N3O5S2. The van der Waals surface area contributed by atoms with E-state index in [2.05, 4.69) is 9.71 Å². The second-order valence-corrected chi connectivity index (χ2v) is 8.86. The minimum absolute atomic E-state index is 0.00830. The summed E-state index contributed by atoms with van der Waals surface area (Å²) in [6.45, 7) is 0.459. The molecule has 1 aromatic heterocycles. The van der Waals surface area contributed by atoms with E-state index in [1.807, 2.05) is 0 Å². The van der Waals surface area contributed by atoms with E-state index in [0.717, 1.165) is 4.31 Å². The predicted octanol–water partition coefficient (Wildman–Crippen LogP) is 1.15. The lowest BCUT2D eigenvalue weighted by Crippen LogP contribution is -2.30. The maximum atomic E-state index is 12.4. The van der Waals surface area contributed by atoms with Gasteiger partial charge in [-0.1, -0.05) is 0 Å². The number of hydrogen-bond acceptors (Lipinski definition) is 6. The van der Waals surface area contributed by atoms with E-state index in [1.54, 1.807) is 0 Å². The highest BCUT2D eigenvalue weighted by Gasteiger charge is 2.22. The van der Waals surface area contributed by atoms with Gasteiger partial charge in [0.15, 0.2) is 0 Å². The minimum Gasteiger partial charge on any atom is -0.383 e. The van der Waals surface area contributed by atoms with Crippen LogP contribution in [0.1, 0.15) is 0 Å². The van der Waals surface area contributed by atoms with Crippen molar-refractivity contribution < 1.29 is 21.6 Å². The number of sulfonamides is 2. The van der Waals surface area contributed by atoms with Crippen molar-refractivity contribution in [1.29, 1.82) is 0 Å². The largest absolute Gasteiger partial charge is 0.383 e. The first-order valence-corrected chi connectivity index (χ1v) is 10.2. The molecule has 0 amide bonds. The molecule has 1 N–H and O–H groups in total. The van der Waals surface area contributed by atoms with Crippen LogP contribution in [0.3, 0.4) is 0 Å². The third-order valence-corrected chi connectivity index (χ3v) is 6.65. The van der Waals surface area contributed by atoms with Crippen molar-refractivity contribution in [3.8, 4) is 0 Å². The number of nitrogens with one attached hydrogen (secondary N) is 1. The van der Waals surface area contributed by atoms with Gasteiger partial charge in [-0.15, -0.1) is 0 Å². The second kappa shape index (κ2) is 7.91. The number of rotatable bonds is 8. The third-order valence-electron chi connectivity index (χ3n) is 3.39. The summed E-state index contributed by atoms with van der Waals surface area (Å²) in [4.78, 5) is 3.78. The SMILES string of the molecule is COCCN(C)S(=O)(=O)c1ccc(S(=O)(=O)Nc2ccncc2)cc1. The normalized spacial score (nSPS) is 12.3. The van der Waals surface area contributed by atoms with Gasteiger partial charge in [0, 0.05) is 33.1 Å². The summed E-state index contributed by atoms with van der Waals surface area (Å²) < 4.78 is 57.8. The highest BCUT2D eigenvalue weighted by Crippen LogP contribution is 2.19. The number of anilines is 1. The molecule has 0 saturated heterocycles. The van der Waals surface area contributed by atoms with Crippen LogP contribution in [-0.2, 0) is 24.8 Å². The Bertz CT molecular complexity index is 898. The monoisotopic (exact) mass is 385 g/mol. The molecule has 0 spiro atoms. The van der Waals surface area contributed by atoms with E-state index in [4.69, 9.17) is 4.74 Å². The molecule has 25 heavy (non-hydrogen) atoms. The van der Waals surface area contributed by atoms with Crippen LogP contribution in [0.2, 0.25) is 0 Å². The molecule has 1 heterocycles. The summed E-state index contributed by atoms with van der Waals surface area (Å²) in [5.74, 6) is 0. The zero-order chi connectivity index (χ0) is 18.5. The van der Waals surface area contributed by atoms with Crippen LogP contribution >= 0.6 is 0 Å². The Hall–Kier alpha value is -2.01. The van der Waals surface area contributed by atoms with Gasteiger partial charge < -0.3 is 4.74 Å². The lowest BCUT2D eigenvalue weighted by Gasteiger charge is -2.17. The average molecular weight is 385 g/mol. The summed E-state index contributed by atoms with van der Waals surface area (Å²) >= 11 is 0.